The average molecular weight is 245 g/mol. The van der Waals surface area contributed by atoms with Gasteiger partial charge in [-0.3, -0.25) is 0 Å². The number of hydrogen-bond acceptors (Lipinski definition) is 4. The van der Waals surface area contributed by atoms with Gasteiger partial charge in [-0.05, 0) is 32.0 Å². The second-order valence-corrected chi connectivity index (χ2v) is 4.32. The lowest BCUT2D eigenvalue weighted by Gasteiger charge is -2.10. The van der Waals surface area contributed by atoms with Gasteiger partial charge in [0, 0.05) is 12.6 Å². The molecule has 5 heteroatoms. The van der Waals surface area contributed by atoms with Gasteiger partial charge >= 0.3 is 0 Å². The van der Waals surface area contributed by atoms with Gasteiger partial charge in [0.1, 0.15) is 0 Å². The molecule has 0 radical (unpaired) electrons. The summed E-state index contributed by atoms with van der Waals surface area (Å²) in [5.74, 6) is 0. The van der Waals surface area contributed by atoms with Crippen molar-refractivity contribution in [3.05, 3.63) is 42.2 Å². The molecule has 1 unspecified atom stereocenters. The van der Waals surface area contributed by atoms with Gasteiger partial charge in [0.25, 0.3) is 0 Å². The van der Waals surface area contributed by atoms with Crippen molar-refractivity contribution in [3.63, 3.8) is 0 Å². The minimum Gasteiger partial charge on any atom is -0.330 e. The quantitative estimate of drug-likeness (QED) is 0.799. The Morgan fingerprint density at radius 3 is 2.83 bits per heavy atom. The van der Waals surface area contributed by atoms with E-state index in [9.17, 15) is 0 Å². The van der Waals surface area contributed by atoms with Gasteiger partial charge < -0.3 is 11.1 Å². The number of para-hydroxylation sites is 1. The first-order valence-electron chi connectivity index (χ1n) is 6.19. The maximum Gasteiger partial charge on any atom is 0.0969 e. The fraction of sp³-hybridized carbons (Fsp3) is 0.385. The highest BCUT2D eigenvalue weighted by molar-refractivity contribution is 5.28. The van der Waals surface area contributed by atoms with Gasteiger partial charge in [-0.1, -0.05) is 18.2 Å². The van der Waals surface area contributed by atoms with Crippen LogP contribution >= 0.6 is 0 Å². The fourth-order valence-corrected chi connectivity index (χ4v) is 1.69. The highest BCUT2D eigenvalue weighted by Gasteiger charge is 2.04. The van der Waals surface area contributed by atoms with E-state index in [1.54, 1.807) is 11.0 Å². The molecule has 96 valence electrons. The molecular formula is C13H19N5. The summed E-state index contributed by atoms with van der Waals surface area (Å²) in [6.45, 7) is 3.54. The SMILES string of the molecule is CC(CCN)NCc1cnn(-c2ccccc2)n1. The van der Waals surface area contributed by atoms with Crippen molar-refractivity contribution in [2.24, 2.45) is 5.73 Å². The van der Waals surface area contributed by atoms with E-state index in [1.807, 2.05) is 30.3 Å². The Kier molecular flexibility index (Phi) is 4.44. The van der Waals surface area contributed by atoms with E-state index < -0.39 is 0 Å². The van der Waals surface area contributed by atoms with E-state index in [-0.39, 0.29) is 0 Å². The van der Waals surface area contributed by atoms with E-state index in [0.29, 0.717) is 19.1 Å². The first-order chi connectivity index (χ1) is 8.79. The first-order valence-corrected chi connectivity index (χ1v) is 6.19. The van der Waals surface area contributed by atoms with E-state index in [1.165, 1.54) is 0 Å². The Morgan fingerprint density at radius 1 is 1.33 bits per heavy atom. The summed E-state index contributed by atoms with van der Waals surface area (Å²) >= 11 is 0. The molecule has 2 rings (SSSR count). The third-order valence-corrected chi connectivity index (χ3v) is 2.76. The third kappa shape index (κ3) is 3.38. The molecule has 2 aromatic rings. The summed E-state index contributed by atoms with van der Waals surface area (Å²) in [4.78, 5) is 1.64. The number of nitrogens with zero attached hydrogens (tertiary/aromatic N) is 3. The van der Waals surface area contributed by atoms with Crippen LogP contribution in [0.25, 0.3) is 5.69 Å². The van der Waals surface area contributed by atoms with Crippen LogP contribution in [0, 0.1) is 0 Å². The highest BCUT2D eigenvalue weighted by atomic mass is 15.5. The summed E-state index contributed by atoms with van der Waals surface area (Å²) in [5, 5.41) is 12.0. The Labute approximate surface area is 107 Å². The van der Waals surface area contributed by atoms with E-state index in [2.05, 4.69) is 22.4 Å². The zero-order chi connectivity index (χ0) is 12.8. The number of nitrogens with two attached hydrogens (primary N) is 1. The minimum absolute atomic E-state index is 0.400. The first kappa shape index (κ1) is 12.7. The van der Waals surface area contributed by atoms with Crippen molar-refractivity contribution < 1.29 is 0 Å². The van der Waals surface area contributed by atoms with Crippen LogP contribution in [-0.2, 0) is 6.54 Å². The smallest absolute Gasteiger partial charge is 0.0969 e. The molecule has 0 aliphatic carbocycles. The van der Waals surface area contributed by atoms with Gasteiger partial charge in [-0.2, -0.15) is 15.0 Å². The second-order valence-electron chi connectivity index (χ2n) is 4.32. The molecule has 1 aromatic carbocycles. The molecule has 0 spiro atoms. The Balaban J connectivity index is 1.95. The van der Waals surface area contributed by atoms with Crippen LogP contribution in [0.15, 0.2) is 36.5 Å². The van der Waals surface area contributed by atoms with Gasteiger partial charge in [0.05, 0.1) is 17.6 Å². The van der Waals surface area contributed by atoms with E-state index in [4.69, 9.17) is 5.73 Å². The predicted octanol–water partition coefficient (Wildman–Crippen LogP) is 1.09. The molecule has 0 bridgehead atoms. The summed E-state index contributed by atoms with van der Waals surface area (Å²) in [7, 11) is 0. The molecule has 3 N–H and O–H groups in total. The van der Waals surface area contributed by atoms with Crippen molar-refractivity contribution in [2.75, 3.05) is 6.54 Å². The molecule has 0 saturated heterocycles. The molecule has 18 heavy (non-hydrogen) atoms. The molecule has 1 atom stereocenters. The monoisotopic (exact) mass is 245 g/mol. The highest BCUT2D eigenvalue weighted by Crippen LogP contribution is 2.04. The van der Waals surface area contributed by atoms with E-state index in [0.717, 1.165) is 17.8 Å². The van der Waals surface area contributed by atoms with Crippen LogP contribution in [-0.4, -0.2) is 27.6 Å². The fourth-order valence-electron chi connectivity index (χ4n) is 1.69. The molecular weight excluding hydrogens is 226 g/mol. The number of nitrogens with one attached hydrogen (secondary N) is 1. The van der Waals surface area contributed by atoms with Crippen molar-refractivity contribution >= 4 is 0 Å². The zero-order valence-electron chi connectivity index (χ0n) is 10.6. The van der Waals surface area contributed by atoms with Crippen LogP contribution < -0.4 is 11.1 Å². The minimum atomic E-state index is 0.400. The lowest BCUT2D eigenvalue weighted by Crippen LogP contribution is -2.28. The van der Waals surface area contributed by atoms with Crippen LogP contribution in [0.1, 0.15) is 19.0 Å². The van der Waals surface area contributed by atoms with Crippen LogP contribution in [0.3, 0.4) is 0 Å². The maximum absolute atomic E-state index is 5.51. The second kappa shape index (κ2) is 6.28. The summed E-state index contributed by atoms with van der Waals surface area (Å²) < 4.78 is 0. The number of aromatic nitrogens is 3. The Bertz CT molecular complexity index is 465. The third-order valence-electron chi connectivity index (χ3n) is 2.76. The molecule has 0 aliphatic rings. The Hall–Kier alpha value is -1.72. The van der Waals surface area contributed by atoms with Crippen molar-refractivity contribution in [1.82, 2.24) is 20.3 Å². The lowest BCUT2D eigenvalue weighted by molar-refractivity contribution is 0.513. The normalized spacial score (nSPS) is 12.6. The molecule has 0 fully saturated rings. The van der Waals surface area contributed by atoms with Crippen LogP contribution in [0.2, 0.25) is 0 Å². The topological polar surface area (TPSA) is 68.8 Å². The van der Waals surface area contributed by atoms with Gasteiger partial charge in [0.15, 0.2) is 0 Å². The zero-order valence-corrected chi connectivity index (χ0v) is 10.6. The Morgan fingerprint density at radius 2 is 2.11 bits per heavy atom. The standard InChI is InChI=1S/C13H19N5/c1-11(7-8-14)15-9-12-10-16-18(17-12)13-5-3-2-4-6-13/h2-6,10-11,15H,7-9,14H2,1H3. The predicted molar refractivity (Wildman–Crippen MR) is 71.3 cm³/mol. The molecule has 1 heterocycles. The van der Waals surface area contributed by atoms with Crippen molar-refractivity contribution in [3.8, 4) is 5.69 Å². The number of benzene rings is 1. The van der Waals surface area contributed by atoms with Gasteiger partial charge in [-0.25, -0.2) is 0 Å². The molecule has 0 aliphatic heterocycles. The molecule has 0 amide bonds. The lowest BCUT2D eigenvalue weighted by atomic mass is 10.2. The van der Waals surface area contributed by atoms with Gasteiger partial charge in [0.2, 0.25) is 0 Å². The summed E-state index contributed by atoms with van der Waals surface area (Å²) in [6, 6.07) is 10.3. The molecule has 1 aromatic heterocycles. The summed E-state index contributed by atoms with van der Waals surface area (Å²) in [6.07, 6.45) is 2.75. The van der Waals surface area contributed by atoms with Crippen molar-refractivity contribution in [1.29, 1.82) is 0 Å². The molecule has 0 saturated carbocycles. The van der Waals surface area contributed by atoms with Crippen LogP contribution in [0.5, 0.6) is 0 Å². The molecule has 5 nitrogen and oxygen atoms in total. The van der Waals surface area contributed by atoms with Gasteiger partial charge in [-0.15, -0.1) is 0 Å². The number of hydrogen-bond donors (Lipinski definition) is 2. The van der Waals surface area contributed by atoms with E-state index >= 15 is 0 Å². The van der Waals surface area contributed by atoms with Crippen LogP contribution in [0.4, 0.5) is 0 Å². The average Bonchev–Trinajstić information content (AvgIpc) is 2.87. The maximum atomic E-state index is 5.51. The largest absolute Gasteiger partial charge is 0.330 e. The summed E-state index contributed by atoms with van der Waals surface area (Å²) in [5.41, 5.74) is 7.41. The number of rotatable bonds is 6. The van der Waals surface area contributed by atoms with Crippen molar-refractivity contribution in [2.45, 2.75) is 25.9 Å².